The number of anilines is 2. The number of rotatable bonds is 3. The highest BCUT2D eigenvalue weighted by Gasteiger charge is 2.12. The van der Waals surface area contributed by atoms with E-state index < -0.39 is 10.0 Å². The maximum absolute atomic E-state index is 12.2. The zero-order valence-corrected chi connectivity index (χ0v) is 12.1. The van der Waals surface area contributed by atoms with Crippen molar-refractivity contribution in [3.05, 3.63) is 53.6 Å². The molecule has 0 aliphatic carbocycles. The number of hydrogen-bond donors (Lipinski definition) is 3. The van der Waals surface area contributed by atoms with Gasteiger partial charge < -0.3 is 11.1 Å². The van der Waals surface area contributed by atoms with E-state index in [0.717, 1.165) is 5.56 Å². The van der Waals surface area contributed by atoms with E-state index in [1.54, 1.807) is 31.2 Å². The third-order valence-electron chi connectivity index (χ3n) is 2.93. The van der Waals surface area contributed by atoms with Crippen LogP contribution in [0.1, 0.15) is 15.9 Å². The molecule has 0 aromatic heterocycles. The Morgan fingerprint density at radius 1 is 1.14 bits per heavy atom. The van der Waals surface area contributed by atoms with Crippen LogP contribution in [0, 0.1) is 6.92 Å². The predicted molar refractivity (Wildman–Crippen MR) is 81.4 cm³/mol. The minimum atomic E-state index is -3.81. The smallest absolute Gasteiger partial charge is 0.256 e. The van der Waals surface area contributed by atoms with Crippen LogP contribution in [0.25, 0.3) is 0 Å². The van der Waals surface area contributed by atoms with E-state index in [-0.39, 0.29) is 10.8 Å². The summed E-state index contributed by atoms with van der Waals surface area (Å²) in [5.74, 6) is -0.369. The van der Waals surface area contributed by atoms with Crippen molar-refractivity contribution in [3.8, 4) is 0 Å². The lowest BCUT2D eigenvalue weighted by molar-refractivity contribution is 0.102. The van der Waals surface area contributed by atoms with Gasteiger partial charge in [0.05, 0.1) is 4.90 Å². The van der Waals surface area contributed by atoms with Crippen LogP contribution in [0.15, 0.2) is 47.4 Å². The van der Waals surface area contributed by atoms with E-state index in [9.17, 15) is 13.2 Å². The van der Waals surface area contributed by atoms with E-state index in [1.165, 1.54) is 18.2 Å². The van der Waals surface area contributed by atoms with Crippen LogP contribution in [0.3, 0.4) is 0 Å². The molecule has 5 N–H and O–H groups in total. The molecule has 21 heavy (non-hydrogen) atoms. The summed E-state index contributed by atoms with van der Waals surface area (Å²) in [6.07, 6.45) is 0. The summed E-state index contributed by atoms with van der Waals surface area (Å²) >= 11 is 0. The Labute approximate surface area is 122 Å². The summed E-state index contributed by atoms with van der Waals surface area (Å²) in [6.45, 7) is 1.79. The number of nitrogen functional groups attached to an aromatic ring is 1. The van der Waals surface area contributed by atoms with E-state index >= 15 is 0 Å². The molecule has 0 heterocycles. The van der Waals surface area contributed by atoms with Crippen LogP contribution in [0.5, 0.6) is 0 Å². The topological polar surface area (TPSA) is 115 Å². The number of benzene rings is 2. The maximum atomic E-state index is 12.2. The standard InChI is InChI=1S/C14H15N3O3S/c1-9-5-6-10(15)7-13(9)14(18)17-11-3-2-4-12(8-11)21(16,19)20/h2-8H,15H2,1H3,(H,17,18)(H2,16,19,20). The molecule has 0 unspecified atom stereocenters. The van der Waals surface area contributed by atoms with Crippen LogP contribution in [0.2, 0.25) is 0 Å². The molecule has 2 rings (SSSR count). The van der Waals surface area contributed by atoms with Crippen molar-refractivity contribution in [2.75, 3.05) is 11.1 Å². The molecule has 0 bridgehead atoms. The van der Waals surface area contributed by atoms with Gasteiger partial charge in [0.15, 0.2) is 0 Å². The lowest BCUT2D eigenvalue weighted by Gasteiger charge is -2.09. The minimum Gasteiger partial charge on any atom is -0.399 e. The lowest BCUT2D eigenvalue weighted by atomic mass is 10.1. The van der Waals surface area contributed by atoms with Gasteiger partial charge in [0, 0.05) is 16.9 Å². The summed E-state index contributed by atoms with van der Waals surface area (Å²) in [5, 5.41) is 7.68. The summed E-state index contributed by atoms with van der Waals surface area (Å²) in [5.41, 5.74) is 7.68. The Morgan fingerprint density at radius 2 is 1.86 bits per heavy atom. The molecule has 7 heteroatoms. The van der Waals surface area contributed by atoms with Crippen molar-refractivity contribution in [3.63, 3.8) is 0 Å². The van der Waals surface area contributed by atoms with Gasteiger partial charge in [0.25, 0.3) is 5.91 Å². The molecule has 0 saturated carbocycles. The first-order valence-corrected chi connectivity index (χ1v) is 7.62. The lowest BCUT2D eigenvalue weighted by Crippen LogP contribution is -2.15. The summed E-state index contributed by atoms with van der Waals surface area (Å²) < 4.78 is 22.6. The number of nitrogens with one attached hydrogen (secondary N) is 1. The second-order valence-electron chi connectivity index (χ2n) is 4.60. The van der Waals surface area contributed by atoms with Crippen molar-refractivity contribution in [1.82, 2.24) is 0 Å². The number of hydrogen-bond acceptors (Lipinski definition) is 4. The number of sulfonamides is 1. The van der Waals surface area contributed by atoms with Crippen molar-refractivity contribution < 1.29 is 13.2 Å². The molecule has 0 fully saturated rings. The number of primary sulfonamides is 1. The van der Waals surface area contributed by atoms with Crippen LogP contribution in [-0.4, -0.2) is 14.3 Å². The van der Waals surface area contributed by atoms with Gasteiger partial charge in [-0.05, 0) is 42.8 Å². The highest BCUT2D eigenvalue weighted by Crippen LogP contribution is 2.17. The van der Waals surface area contributed by atoms with Gasteiger partial charge in [-0.3, -0.25) is 4.79 Å². The number of carbonyl (C=O) groups is 1. The molecule has 0 aliphatic heterocycles. The van der Waals surface area contributed by atoms with Crippen LogP contribution in [-0.2, 0) is 10.0 Å². The fourth-order valence-electron chi connectivity index (χ4n) is 1.83. The molecule has 0 atom stereocenters. The molecule has 2 aromatic carbocycles. The SMILES string of the molecule is Cc1ccc(N)cc1C(=O)Nc1cccc(S(N)(=O)=O)c1. The average molecular weight is 305 g/mol. The van der Waals surface area contributed by atoms with Gasteiger partial charge >= 0.3 is 0 Å². The monoisotopic (exact) mass is 305 g/mol. The first-order chi connectivity index (χ1) is 9.77. The van der Waals surface area contributed by atoms with Crippen molar-refractivity contribution >= 4 is 27.3 Å². The molecule has 1 amide bonds. The van der Waals surface area contributed by atoms with Crippen LogP contribution in [0.4, 0.5) is 11.4 Å². The number of aryl methyl sites for hydroxylation is 1. The average Bonchev–Trinajstić information content (AvgIpc) is 2.41. The van der Waals surface area contributed by atoms with Crippen molar-refractivity contribution in [1.29, 1.82) is 0 Å². The molecule has 0 radical (unpaired) electrons. The second kappa shape index (κ2) is 5.55. The van der Waals surface area contributed by atoms with Crippen molar-refractivity contribution in [2.24, 2.45) is 5.14 Å². The maximum Gasteiger partial charge on any atom is 0.256 e. The fraction of sp³-hybridized carbons (Fsp3) is 0.0714. The highest BCUT2D eigenvalue weighted by molar-refractivity contribution is 7.89. The summed E-state index contributed by atoms with van der Waals surface area (Å²) in [4.78, 5) is 12.1. The third-order valence-corrected chi connectivity index (χ3v) is 3.84. The fourth-order valence-corrected chi connectivity index (χ4v) is 2.39. The highest BCUT2D eigenvalue weighted by atomic mass is 32.2. The van der Waals surface area contributed by atoms with E-state index in [1.807, 2.05) is 0 Å². The molecule has 6 nitrogen and oxygen atoms in total. The Morgan fingerprint density at radius 3 is 2.52 bits per heavy atom. The number of amides is 1. The minimum absolute atomic E-state index is 0.0652. The first-order valence-electron chi connectivity index (χ1n) is 6.08. The zero-order valence-electron chi connectivity index (χ0n) is 11.3. The van der Waals surface area contributed by atoms with E-state index in [2.05, 4.69) is 5.32 Å². The Kier molecular flexibility index (Phi) is 3.97. The van der Waals surface area contributed by atoms with Gasteiger partial charge in [0.1, 0.15) is 0 Å². The molecule has 110 valence electrons. The Balaban J connectivity index is 2.30. The summed E-state index contributed by atoms with van der Waals surface area (Å²) in [7, 11) is -3.81. The quantitative estimate of drug-likeness (QED) is 0.745. The molecular weight excluding hydrogens is 290 g/mol. The Hall–Kier alpha value is -2.38. The molecule has 0 saturated heterocycles. The van der Waals surface area contributed by atoms with Gasteiger partial charge in [-0.25, -0.2) is 13.6 Å². The summed E-state index contributed by atoms with van der Waals surface area (Å²) in [6, 6.07) is 10.7. The van der Waals surface area contributed by atoms with E-state index in [0.29, 0.717) is 16.9 Å². The van der Waals surface area contributed by atoms with Crippen LogP contribution < -0.4 is 16.2 Å². The second-order valence-corrected chi connectivity index (χ2v) is 6.16. The van der Waals surface area contributed by atoms with Crippen molar-refractivity contribution in [2.45, 2.75) is 11.8 Å². The zero-order chi connectivity index (χ0) is 15.6. The Bertz CT molecular complexity index is 801. The first kappa shape index (κ1) is 15.0. The molecular formula is C14H15N3O3S. The molecule has 2 aromatic rings. The number of carbonyl (C=O) groups excluding carboxylic acids is 1. The van der Waals surface area contributed by atoms with Gasteiger partial charge in [-0.15, -0.1) is 0 Å². The van der Waals surface area contributed by atoms with Crippen LogP contribution >= 0.6 is 0 Å². The largest absolute Gasteiger partial charge is 0.399 e. The third kappa shape index (κ3) is 3.59. The van der Waals surface area contributed by atoms with E-state index in [4.69, 9.17) is 10.9 Å². The predicted octanol–water partition coefficient (Wildman–Crippen LogP) is 1.48. The number of nitrogens with two attached hydrogens (primary N) is 2. The molecule has 0 aliphatic rings. The normalized spacial score (nSPS) is 11.1. The van der Waals surface area contributed by atoms with Gasteiger partial charge in [0.2, 0.25) is 10.0 Å². The molecule has 0 spiro atoms. The van der Waals surface area contributed by atoms with Gasteiger partial charge in [-0.2, -0.15) is 0 Å². The van der Waals surface area contributed by atoms with Gasteiger partial charge in [-0.1, -0.05) is 12.1 Å².